The summed E-state index contributed by atoms with van der Waals surface area (Å²) in [6, 6.07) is 14.4. The Hall–Kier alpha value is -2.80. The number of hydrogen-bond donors (Lipinski definition) is 1. The number of carbonyl (C=O) groups excluding carboxylic acids is 1. The Balaban J connectivity index is 1.89. The van der Waals surface area contributed by atoms with Gasteiger partial charge in [-0.25, -0.2) is 0 Å². The van der Waals surface area contributed by atoms with Crippen LogP contribution in [-0.2, 0) is 4.79 Å². The third-order valence-electron chi connectivity index (χ3n) is 3.15. The molecule has 0 fully saturated rings. The molecule has 0 heterocycles. The van der Waals surface area contributed by atoms with Gasteiger partial charge in [-0.05, 0) is 61.4 Å². The van der Waals surface area contributed by atoms with Crippen LogP contribution in [0.25, 0.3) is 0 Å². The summed E-state index contributed by atoms with van der Waals surface area (Å²) >= 11 is 0. The van der Waals surface area contributed by atoms with Crippen LogP contribution in [0.2, 0.25) is 0 Å². The summed E-state index contributed by atoms with van der Waals surface area (Å²) < 4.78 is 5.46. The molecule has 2 aromatic rings. The Morgan fingerprint density at radius 2 is 1.86 bits per heavy atom. The van der Waals surface area contributed by atoms with Crippen molar-refractivity contribution in [3.8, 4) is 11.8 Å². The number of ether oxygens (including phenoxy) is 1. The Morgan fingerprint density at radius 3 is 2.48 bits per heavy atom. The van der Waals surface area contributed by atoms with Crippen molar-refractivity contribution in [1.29, 1.82) is 5.26 Å². The third-order valence-corrected chi connectivity index (χ3v) is 3.15. The van der Waals surface area contributed by atoms with E-state index in [2.05, 4.69) is 5.32 Å². The molecule has 21 heavy (non-hydrogen) atoms. The van der Waals surface area contributed by atoms with Crippen LogP contribution in [0.15, 0.2) is 42.5 Å². The van der Waals surface area contributed by atoms with Gasteiger partial charge < -0.3 is 10.1 Å². The molecule has 0 bridgehead atoms. The van der Waals surface area contributed by atoms with Gasteiger partial charge in [0.05, 0.1) is 11.6 Å². The van der Waals surface area contributed by atoms with Gasteiger partial charge in [-0.2, -0.15) is 5.26 Å². The van der Waals surface area contributed by atoms with E-state index in [1.807, 2.05) is 38.1 Å². The third kappa shape index (κ3) is 4.08. The highest BCUT2D eigenvalue weighted by molar-refractivity contribution is 5.91. The van der Waals surface area contributed by atoms with Crippen LogP contribution in [-0.4, -0.2) is 12.5 Å². The number of nitrogens with one attached hydrogen (secondary N) is 1. The van der Waals surface area contributed by atoms with Crippen molar-refractivity contribution in [3.63, 3.8) is 0 Å². The van der Waals surface area contributed by atoms with Gasteiger partial charge in [0.25, 0.3) is 5.91 Å². The molecule has 0 saturated heterocycles. The van der Waals surface area contributed by atoms with Crippen LogP contribution < -0.4 is 10.1 Å². The van der Waals surface area contributed by atoms with Crippen molar-refractivity contribution < 1.29 is 9.53 Å². The molecule has 0 radical (unpaired) electrons. The molecule has 106 valence electrons. The molecule has 2 rings (SSSR count). The lowest BCUT2D eigenvalue weighted by atomic mass is 10.1. The van der Waals surface area contributed by atoms with Crippen molar-refractivity contribution in [2.75, 3.05) is 11.9 Å². The van der Waals surface area contributed by atoms with E-state index >= 15 is 0 Å². The summed E-state index contributed by atoms with van der Waals surface area (Å²) in [6.07, 6.45) is 0. The fourth-order valence-corrected chi connectivity index (χ4v) is 1.78. The molecule has 4 nitrogen and oxygen atoms in total. The molecule has 0 aliphatic heterocycles. The van der Waals surface area contributed by atoms with E-state index in [0.29, 0.717) is 17.0 Å². The predicted octanol–water partition coefficient (Wildman–Crippen LogP) is 3.19. The highest BCUT2D eigenvalue weighted by Crippen LogP contribution is 2.16. The van der Waals surface area contributed by atoms with Crippen LogP contribution in [0, 0.1) is 25.2 Å². The first-order valence-electron chi connectivity index (χ1n) is 6.58. The Labute approximate surface area is 124 Å². The normalized spacial score (nSPS) is 9.76. The summed E-state index contributed by atoms with van der Waals surface area (Å²) in [6.45, 7) is 3.97. The second-order valence-electron chi connectivity index (χ2n) is 4.77. The minimum Gasteiger partial charge on any atom is -0.484 e. The smallest absolute Gasteiger partial charge is 0.262 e. The van der Waals surface area contributed by atoms with Gasteiger partial charge in [0.15, 0.2) is 6.61 Å². The Bertz CT molecular complexity index is 685. The molecule has 2 aromatic carbocycles. The van der Waals surface area contributed by atoms with E-state index in [0.717, 1.165) is 5.56 Å². The molecule has 0 unspecified atom stereocenters. The molecule has 0 aliphatic rings. The average molecular weight is 280 g/mol. The van der Waals surface area contributed by atoms with Crippen molar-refractivity contribution in [2.45, 2.75) is 13.8 Å². The maximum atomic E-state index is 11.8. The molecule has 0 spiro atoms. The van der Waals surface area contributed by atoms with Gasteiger partial charge in [-0.1, -0.05) is 6.07 Å². The van der Waals surface area contributed by atoms with Crippen molar-refractivity contribution in [1.82, 2.24) is 0 Å². The molecule has 0 saturated carbocycles. The lowest BCUT2D eigenvalue weighted by Crippen LogP contribution is -2.20. The number of nitriles is 1. The summed E-state index contributed by atoms with van der Waals surface area (Å²) in [7, 11) is 0. The van der Waals surface area contributed by atoms with E-state index in [-0.39, 0.29) is 12.5 Å². The largest absolute Gasteiger partial charge is 0.484 e. The first kappa shape index (κ1) is 14.6. The number of anilines is 1. The maximum absolute atomic E-state index is 11.8. The zero-order valence-corrected chi connectivity index (χ0v) is 12.0. The predicted molar refractivity (Wildman–Crippen MR) is 81.2 cm³/mol. The van der Waals surface area contributed by atoms with Crippen molar-refractivity contribution in [2.24, 2.45) is 0 Å². The highest BCUT2D eigenvalue weighted by Gasteiger charge is 2.04. The first-order valence-corrected chi connectivity index (χ1v) is 6.58. The zero-order chi connectivity index (χ0) is 15.2. The minimum absolute atomic E-state index is 0.0531. The van der Waals surface area contributed by atoms with E-state index in [1.54, 1.807) is 24.3 Å². The molecule has 0 atom stereocenters. The van der Waals surface area contributed by atoms with Gasteiger partial charge in [-0.3, -0.25) is 4.79 Å². The molecular formula is C17H16N2O2. The van der Waals surface area contributed by atoms with Crippen molar-refractivity contribution >= 4 is 11.6 Å². The topological polar surface area (TPSA) is 62.1 Å². The second kappa shape index (κ2) is 6.58. The molecular weight excluding hydrogens is 264 g/mol. The Morgan fingerprint density at radius 1 is 1.14 bits per heavy atom. The minimum atomic E-state index is -0.238. The number of rotatable bonds is 4. The zero-order valence-electron chi connectivity index (χ0n) is 12.0. The van der Waals surface area contributed by atoms with E-state index in [4.69, 9.17) is 10.00 Å². The van der Waals surface area contributed by atoms with Crippen LogP contribution in [0.3, 0.4) is 0 Å². The SMILES string of the molecule is Cc1ccc(OCC(=O)Nc2ccc(C#N)cc2)cc1C. The van der Waals surface area contributed by atoms with Crippen LogP contribution in [0.5, 0.6) is 5.75 Å². The number of aryl methyl sites for hydroxylation is 2. The number of benzene rings is 2. The first-order chi connectivity index (χ1) is 10.1. The number of carbonyl (C=O) groups is 1. The highest BCUT2D eigenvalue weighted by atomic mass is 16.5. The standard InChI is InChI=1S/C17H16N2O2/c1-12-3-8-16(9-13(12)2)21-11-17(20)19-15-6-4-14(10-18)5-7-15/h3-9H,11H2,1-2H3,(H,19,20). The summed E-state index contributed by atoms with van der Waals surface area (Å²) in [5.41, 5.74) is 3.51. The van der Waals surface area contributed by atoms with Gasteiger partial charge in [-0.15, -0.1) is 0 Å². The van der Waals surface area contributed by atoms with Crippen LogP contribution in [0.4, 0.5) is 5.69 Å². The van der Waals surface area contributed by atoms with Crippen LogP contribution >= 0.6 is 0 Å². The number of nitrogens with zero attached hydrogens (tertiary/aromatic N) is 1. The van der Waals surface area contributed by atoms with Crippen LogP contribution in [0.1, 0.15) is 16.7 Å². The van der Waals surface area contributed by atoms with Gasteiger partial charge in [0.1, 0.15) is 5.75 Å². The number of hydrogen-bond acceptors (Lipinski definition) is 3. The fourth-order valence-electron chi connectivity index (χ4n) is 1.78. The van der Waals surface area contributed by atoms with E-state index < -0.39 is 0 Å². The van der Waals surface area contributed by atoms with Gasteiger partial charge in [0.2, 0.25) is 0 Å². The lowest BCUT2D eigenvalue weighted by Gasteiger charge is -2.09. The Kier molecular flexibility index (Phi) is 4.57. The van der Waals surface area contributed by atoms with Gasteiger partial charge >= 0.3 is 0 Å². The molecule has 0 aliphatic carbocycles. The second-order valence-corrected chi connectivity index (χ2v) is 4.77. The van der Waals surface area contributed by atoms with E-state index in [9.17, 15) is 4.79 Å². The molecule has 0 aromatic heterocycles. The van der Waals surface area contributed by atoms with Crippen molar-refractivity contribution in [3.05, 3.63) is 59.2 Å². The lowest BCUT2D eigenvalue weighted by molar-refractivity contribution is -0.118. The van der Waals surface area contributed by atoms with E-state index in [1.165, 1.54) is 5.56 Å². The molecule has 1 N–H and O–H groups in total. The average Bonchev–Trinajstić information content (AvgIpc) is 2.49. The molecule has 1 amide bonds. The monoisotopic (exact) mass is 280 g/mol. The molecule has 4 heteroatoms. The summed E-state index contributed by atoms with van der Waals surface area (Å²) in [5.74, 6) is 0.436. The summed E-state index contributed by atoms with van der Waals surface area (Å²) in [5, 5.41) is 11.4. The van der Waals surface area contributed by atoms with Gasteiger partial charge in [0, 0.05) is 5.69 Å². The number of amides is 1. The quantitative estimate of drug-likeness (QED) is 0.935. The fraction of sp³-hybridized carbons (Fsp3) is 0.176. The maximum Gasteiger partial charge on any atom is 0.262 e. The summed E-state index contributed by atoms with van der Waals surface area (Å²) in [4.78, 5) is 11.8.